The first-order valence-corrected chi connectivity index (χ1v) is 13.0. The van der Waals surface area contributed by atoms with Gasteiger partial charge in [0.25, 0.3) is 0 Å². The van der Waals surface area contributed by atoms with E-state index in [1.807, 2.05) is 36.4 Å². The first-order chi connectivity index (χ1) is 9.86. The molecule has 0 saturated heterocycles. The highest BCUT2D eigenvalue weighted by atomic mass is 28.4. The van der Waals surface area contributed by atoms with Gasteiger partial charge < -0.3 is 14.1 Å². The largest absolute Gasteiger partial charge is 0.426 e. The Bertz CT molecular complexity index is 514. The number of hydrogen-bond acceptors (Lipinski definition) is 3. The van der Waals surface area contributed by atoms with E-state index in [4.69, 9.17) is 4.12 Å². The summed E-state index contributed by atoms with van der Waals surface area (Å²) < 4.78 is 6.49. The molecule has 0 saturated carbocycles. The summed E-state index contributed by atoms with van der Waals surface area (Å²) in [6.07, 6.45) is 0. The Balaban J connectivity index is 2.21. The number of para-hydroxylation sites is 2. The Labute approximate surface area is 129 Å². The number of benzene rings is 2. The molecule has 0 fully saturated rings. The molecule has 0 unspecified atom stereocenters. The average molecular weight is 317 g/mol. The van der Waals surface area contributed by atoms with Gasteiger partial charge in [-0.05, 0) is 50.5 Å². The second-order valence-electron chi connectivity index (χ2n) is 6.23. The van der Waals surface area contributed by atoms with Crippen LogP contribution in [0.25, 0.3) is 0 Å². The van der Waals surface area contributed by atoms with Gasteiger partial charge >= 0.3 is 8.64 Å². The Hall–Kier alpha value is -1.57. The maximum Gasteiger partial charge on any atom is 0.400 e. The normalized spacial score (nSPS) is 12.0. The Morgan fingerprint density at radius 2 is 1.05 bits per heavy atom. The van der Waals surface area contributed by atoms with E-state index < -0.39 is 17.0 Å². The van der Waals surface area contributed by atoms with Gasteiger partial charge in [-0.1, -0.05) is 36.4 Å². The molecule has 3 nitrogen and oxygen atoms in total. The van der Waals surface area contributed by atoms with Crippen LogP contribution in [-0.4, -0.2) is 17.0 Å². The Morgan fingerprint density at radius 3 is 1.38 bits per heavy atom. The molecule has 0 bridgehead atoms. The topological polar surface area (TPSA) is 33.3 Å². The van der Waals surface area contributed by atoms with Crippen molar-refractivity contribution < 1.29 is 4.12 Å². The third-order valence-electron chi connectivity index (χ3n) is 2.82. The first-order valence-electron chi connectivity index (χ1n) is 7.23. The van der Waals surface area contributed by atoms with E-state index in [9.17, 15) is 0 Å². The number of anilines is 2. The van der Waals surface area contributed by atoms with Gasteiger partial charge in [0.1, 0.15) is 0 Å². The quantitative estimate of drug-likeness (QED) is 0.762. The van der Waals surface area contributed by atoms with Crippen LogP contribution < -0.4 is 9.96 Å². The highest BCUT2D eigenvalue weighted by Crippen LogP contribution is 2.20. The standard InChI is InChI=1S/C16H24N2OSi2/c1-20(2,3)19-21(4,17-15-11-7-5-8-12-15)18-16-13-9-6-10-14-16/h5-14,17-18H,1-4H3. The van der Waals surface area contributed by atoms with Crippen molar-refractivity contribution in [1.29, 1.82) is 0 Å². The first kappa shape index (κ1) is 15.8. The van der Waals surface area contributed by atoms with Crippen LogP contribution in [0.15, 0.2) is 60.7 Å². The van der Waals surface area contributed by atoms with Crippen LogP contribution in [0.5, 0.6) is 0 Å². The fourth-order valence-corrected chi connectivity index (χ4v) is 9.09. The van der Waals surface area contributed by atoms with E-state index in [-0.39, 0.29) is 0 Å². The molecule has 0 amide bonds. The maximum atomic E-state index is 6.49. The lowest BCUT2D eigenvalue weighted by Crippen LogP contribution is -2.57. The van der Waals surface area contributed by atoms with Gasteiger partial charge in [-0.3, -0.25) is 0 Å². The van der Waals surface area contributed by atoms with Crippen LogP contribution in [0.4, 0.5) is 11.4 Å². The van der Waals surface area contributed by atoms with Crippen molar-refractivity contribution in [3.05, 3.63) is 60.7 Å². The molecule has 2 aromatic carbocycles. The summed E-state index contributed by atoms with van der Waals surface area (Å²) in [5.41, 5.74) is 2.18. The summed E-state index contributed by atoms with van der Waals surface area (Å²) in [4.78, 5) is 7.20. The van der Waals surface area contributed by atoms with E-state index in [2.05, 4.69) is 60.4 Å². The van der Waals surface area contributed by atoms with Gasteiger partial charge in [0.15, 0.2) is 8.32 Å². The summed E-state index contributed by atoms with van der Waals surface area (Å²) in [7, 11) is -3.97. The van der Waals surface area contributed by atoms with Crippen LogP contribution in [0.2, 0.25) is 26.2 Å². The van der Waals surface area contributed by atoms with Crippen LogP contribution in [0.1, 0.15) is 0 Å². The molecule has 0 radical (unpaired) electrons. The van der Waals surface area contributed by atoms with E-state index in [0.29, 0.717) is 0 Å². The second kappa shape index (κ2) is 6.47. The van der Waals surface area contributed by atoms with Crippen molar-refractivity contribution >= 4 is 28.3 Å². The highest BCUT2D eigenvalue weighted by molar-refractivity contribution is 6.88. The molecule has 2 rings (SSSR count). The zero-order chi connectivity index (χ0) is 15.3. The lowest BCUT2D eigenvalue weighted by Gasteiger charge is -2.35. The van der Waals surface area contributed by atoms with E-state index >= 15 is 0 Å². The summed E-state index contributed by atoms with van der Waals surface area (Å²) in [5.74, 6) is 0. The van der Waals surface area contributed by atoms with Crippen LogP contribution >= 0.6 is 0 Å². The minimum Gasteiger partial charge on any atom is -0.426 e. The molecule has 0 aliphatic heterocycles. The molecular weight excluding hydrogens is 292 g/mol. The minimum absolute atomic E-state index is 1.09. The number of rotatable bonds is 6. The number of nitrogens with one attached hydrogen (secondary N) is 2. The van der Waals surface area contributed by atoms with Crippen LogP contribution in [0.3, 0.4) is 0 Å². The minimum atomic E-state index is -2.30. The molecule has 0 aromatic heterocycles. The molecule has 0 spiro atoms. The van der Waals surface area contributed by atoms with Crippen molar-refractivity contribution in [2.45, 2.75) is 26.2 Å². The molecule has 21 heavy (non-hydrogen) atoms. The third kappa shape index (κ3) is 5.37. The Morgan fingerprint density at radius 1 is 0.667 bits per heavy atom. The summed E-state index contributed by atoms with van der Waals surface area (Å²) >= 11 is 0. The van der Waals surface area contributed by atoms with Crippen molar-refractivity contribution in [2.24, 2.45) is 0 Å². The van der Waals surface area contributed by atoms with Crippen LogP contribution in [-0.2, 0) is 4.12 Å². The predicted octanol–water partition coefficient (Wildman–Crippen LogP) is 4.63. The lowest BCUT2D eigenvalue weighted by atomic mass is 10.3. The van der Waals surface area contributed by atoms with Gasteiger partial charge in [0, 0.05) is 11.4 Å². The molecular formula is C16H24N2OSi2. The zero-order valence-corrected chi connectivity index (χ0v) is 15.2. The van der Waals surface area contributed by atoms with Crippen molar-refractivity contribution in [3.8, 4) is 0 Å². The zero-order valence-electron chi connectivity index (χ0n) is 13.2. The highest BCUT2D eigenvalue weighted by Gasteiger charge is 2.36. The van der Waals surface area contributed by atoms with Gasteiger partial charge in [-0.15, -0.1) is 0 Å². The van der Waals surface area contributed by atoms with E-state index in [1.165, 1.54) is 0 Å². The smallest absolute Gasteiger partial charge is 0.400 e. The molecule has 0 heterocycles. The van der Waals surface area contributed by atoms with Gasteiger partial charge in [0.2, 0.25) is 0 Å². The molecule has 5 heteroatoms. The fraction of sp³-hybridized carbons (Fsp3) is 0.250. The third-order valence-corrected chi connectivity index (χ3v) is 8.44. The molecule has 112 valence electrons. The van der Waals surface area contributed by atoms with Crippen LogP contribution in [0, 0.1) is 0 Å². The molecule has 0 aliphatic rings. The lowest BCUT2D eigenvalue weighted by molar-refractivity contribution is 0.558. The molecule has 0 aliphatic carbocycles. The fourth-order valence-electron chi connectivity index (χ4n) is 2.29. The number of hydrogen-bond donors (Lipinski definition) is 2. The monoisotopic (exact) mass is 316 g/mol. The van der Waals surface area contributed by atoms with E-state index in [0.717, 1.165) is 11.4 Å². The molecule has 0 atom stereocenters. The SMILES string of the molecule is C[Si](C)(C)O[Si](C)(Nc1ccccc1)Nc1ccccc1. The van der Waals surface area contributed by atoms with Gasteiger partial charge in [0.05, 0.1) is 0 Å². The Kier molecular flexibility index (Phi) is 4.87. The molecule has 2 N–H and O–H groups in total. The summed E-state index contributed by atoms with van der Waals surface area (Å²) in [6, 6.07) is 20.5. The maximum absolute atomic E-state index is 6.49. The summed E-state index contributed by atoms with van der Waals surface area (Å²) in [6.45, 7) is 8.83. The van der Waals surface area contributed by atoms with Crippen molar-refractivity contribution in [3.63, 3.8) is 0 Å². The van der Waals surface area contributed by atoms with Crippen molar-refractivity contribution in [1.82, 2.24) is 0 Å². The summed E-state index contributed by atoms with van der Waals surface area (Å²) in [5, 5.41) is 0. The predicted molar refractivity (Wildman–Crippen MR) is 96.2 cm³/mol. The second-order valence-corrected chi connectivity index (χ2v) is 13.8. The van der Waals surface area contributed by atoms with Gasteiger partial charge in [-0.25, -0.2) is 0 Å². The molecule has 2 aromatic rings. The van der Waals surface area contributed by atoms with E-state index in [1.54, 1.807) is 0 Å². The van der Waals surface area contributed by atoms with Crippen molar-refractivity contribution in [2.75, 3.05) is 9.96 Å². The average Bonchev–Trinajstić information content (AvgIpc) is 2.38. The van der Waals surface area contributed by atoms with Gasteiger partial charge in [-0.2, -0.15) is 0 Å².